The smallest absolute Gasteiger partial charge is 0.126 e. The van der Waals surface area contributed by atoms with E-state index < -0.39 is 5.60 Å². The molecule has 0 aromatic heterocycles. The van der Waals surface area contributed by atoms with Crippen LogP contribution < -0.4 is 4.74 Å². The van der Waals surface area contributed by atoms with Crippen LogP contribution >= 0.6 is 0 Å². The van der Waals surface area contributed by atoms with Crippen molar-refractivity contribution in [3.8, 4) is 5.75 Å². The number of hydrogen-bond acceptors (Lipinski definition) is 4. The predicted molar refractivity (Wildman–Crippen MR) is 128 cm³/mol. The minimum atomic E-state index is -1.27. The molecule has 2 atom stereocenters. The Balaban J connectivity index is 1.89. The molecule has 0 unspecified atom stereocenters. The fourth-order valence-corrected chi connectivity index (χ4v) is 4.70. The summed E-state index contributed by atoms with van der Waals surface area (Å²) in [6.45, 7) is 6.03. The van der Waals surface area contributed by atoms with E-state index in [1.54, 1.807) is 7.11 Å². The quantitative estimate of drug-likeness (QED) is 0.566. The minimum Gasteiger partial charge on any atom is -0.496 e. The normalized spacial score (nSPS) is 17.5. The summed E-state index contributed by atoms with van der Waals surface area (Å²) in [5.41, 5.74) is 2.75. The molecule has 4 nitrogen and oxygen atoms in total. The van der Waals surface area contributed by atoms with Gasteiger partial charge < -0.3 is 14.6 Å². The third-order valence-corrected chi connectivity index (χ3v) is 6.57. The van der Waals surface area contributed by atoms with Crippen LogP contribution in [-0.4, -0.2) is 50.0 Å². The number of benzene rings is 3. The summed E-state index contributed by atoms with van der Waals surface area (Å²) in [5, 5.41) is 12.7. The number of para-hydroxylation sites is 1. The van der Waals surface area contributed by atoms with Crippen LogP contribution in [0.25, 0.3) is 0 Å². The molecule has 0 amide bonds. The highest BCUT2D eigenvalue weighted by Crippen LogP contribution is 2.46. The van der Waals surface area contributed by atoms with Crippen molar-refractivity contribution in [3.63, 3.8) is 0 Å². The third kappa shape index (κ3) is 4.58. The number of hydrogen-bond donors (Lipinski definition) is 1. The Hall–Kier alpha value is -2.66. The molecular weight excluding hydrogens is 398 g/mol. The molecule has 168 valence electrons. The van der Waals surface area contributed by atoms with Gasteiger partial charge in [-0.15, -0.1) is 0 Å². The summed E-state index contributed by atoms with van der Waals surface area (Å²) in [6.07, 6.45) is 0.962. The van der Waals surface area contributed by atoms with E-state index in [1.807, 2.05) is 42.5 Å². The number of aliphatic hydroxyl groups is 1. The molecule has 1 fully saturated rings. The molecular formula is C28H33NO3. The van der Waals surface area contributed by atoms with Crippen LogP contribution in [0, 0.1) is 0 Å². The molecule has 1 saturated heterocycles. The molecule has 0 spiro atoms. The fourth-order valence-electron chi connectivity index (χ4n) is 4.70. The highest BCUT2D eigenvalue weighted by molar-refractivity contribution is 5.49. The van der Waals surface area contributed by atoms with Crippen molar-refractivity contribution in [1.82, 2.24) is 4.90 Å². The Morgan fingerprint density at radius 1 is 0.938 bits per heavy atom. The Labute approximate surface area is 191 Å². The second-order valence-electron chi connectivity index (χ2n) is 8.39. The van der Waals surface area contributed by atoms with Gasteiger partial charge in [0.1, 0.15) is 11.4 Å². The Morgan fingerprint density at radius 2 is 1.59 bits per heavy atom. The maximum absolute atomic E-state index is 12.7. The number of morpholine rings is 1. The molecule has 32 heavy (non-hydrogen) atoms. The van der Waals surface area contributed by atoms with E-state index in [-0.39, 0.29) is 5.92 Å². The summed E-state index contributed by atoms with van der Waals surface area (Å²) >= 11 is 0. The molecule has 4 rings (SSSR count). The highest BCUT2D eigenvalue weighted by Gasteiger charge is 2.44. The molecule has 0 bridgehead atoms. The Morgan fingerprint density at radius 3 is 2.25 bits per heavy atom. The largest absolute Gasteiger partial charge is 0.496 e. The summed E-state index contributed by atoms with van der Waals surface area (Å²) in [6, 6.07) is 26.6. The summed E-state index contributed by atoms with van der Waals surface area (Å²) < 4.78 is 11.3. The van der Waals surface area contributed by atoms with Gasteiger partial charge in [-0.1, -0.05) is 79.7 Å². The lowest BCUT2D eigenvalue weighted by Gasteiger charge is -2.41. The van der Waals surface area contributed by atoms with Crippen molar-refractivity contribution in [2.75, 3.05) is 40.0 Å². The number of aryl methyl sites for hydroxylation is 1. The van der Waals surface area contributed by atoms with Crippen molar-refractivity contribution in [2.45, 2.75) is 24.9 Å². The van der Waals surface area contributed by atoms with Crippen LogP contribution in [0.5, 0.6) is 5.75 Å². The van der Waals surface area contributed by atoms with Crippen LogP contribution in [-0.2, 0) is 16.8 Å². The van der Waals surface area contributed by atoms with E-state index in [4.69, 9.17) is 9.47 Å². The zero-order valence-corrected chi connectivity index (χ0v) is 19.0. The first kappa shape index (κ1) is 22.5. The van der Waals surface area contributed by atoms with Crippen molar-refractivity contribution in [1.29, 1.82) is 0 Å². The van der Waals surface area contributed by atoms with Crippen molar-refractivity contribution < 1.29 is 14.6 Å². The van der Waals surface area contributed by atoms with Gasteiger partial charge in [0.05, 0.1) is 20.3 Å². The van der Waals surface area contributed by atoms with Gasteiger partial charge in [-0.3, -0.25) is 4.90 Å². The second-order valence-corrected chi connectivity index (χ2v) is 8.39. The van der Waals surface area contributed by atoms with Gasteiger partial charge in [-0.05, 0) is 29.2 Å². The van der Waals surface area contributed by atoms with Gasteiger partial charge in [0, 0.05) is 31.1 Å². The van der Waals surface area contributed by atoms with E-state index in [9.17, 15) is 5.11 Å². The SMILES string of the molecule is CCc1ccc([C@](O)(c2ccccc2OC)[C@H](CN2CCOCC2)c2ccccc2)cc1. The molecule has 1 aliphatic heterocycles. The van der Waals surface area contributed by atoms with Crippen molar-refractivity contribution in [3.05, 3.63) is 101 Å². The number of methoxy groups -OCH3 is 1. The number of rotatable bonds is 8. The van der Waals surface area contributed by atoms with Crippen LogP contribution in [0.2, 0.25) is 0 Å². The first-order chi connectivity index (χ1) is 15.7. The fraction of sp³-hybridized carbons (Fsp3) is 0.357. The van der Waals surface area contributed by atoms with Crippen LogP contribution in [0.4, 0.5) is 0 Å². The predicted octanol–water partition coefficient (Wildman–Crippen LogP) is 4.61. The average molecular weight is 432 g/mol. The third-order valence-electron chi connectivity index (χ3n) is 6.57. The Bertz CT molecular complexity index is 983. The number of nitrogens with zero attached hydrogens (tertiary/aromatic N) is 1. The van der Waals surface area contributed by atoms with E-state index in [0.717, 1.165) is 56.0 Å². The van der Waals surface area contributed by atoms with Gasteiger partial charge >= 0.3 is 0 Å². The summed E-state index contributed by atoms with van der Waals surface area (Å²) in [4.78, 5) is 2.39. The monoisotopic (exact) mass is 431 g/mol. The Kier molecular flexibility index (Phi) is 7.26. The van der Waals surface area contributed by atoms with E-state index in [1.165, 1.54) is 5.56 Å². The standard InChI is InChI=1S/C28H33NO3/c1-3-22-13-15-24(16-14-22)28(30,25-11-7-8-12-27(25)31-2)26(23-9-5-4-6-10-23)21-29-17-19-32-20-18-29/h4-16,26,30H,3,17-21H2,1-2H3/t26-,28+/m1/s1. The molecule has 0 radical (unpaired) electrons. The first-order valence-electron chi connectivity index (χ1n) is 11.5. The zero-order chi connectivity index (χ0) is 22.4. The maximum Gasteiger partial charge on any atom is 0.126 e. The van der Waals surface area contributed by atoms with Crippen molar-refractivity contribution in [2.24, 2.45) is 0 Å². The summed E-state index contributed by atoms with van der Waals surface area (Å²) in [5.74, 6) is 0.503. The van der Waals surface area contributed by atoms with Crippen LogP contribution in [0.3, 0.4) is 0 Å². The topological polar surface area (TPSA) is 41.9 Å². The van der Waals surface area contributed by atoms with Crippen LogP contribution in [0.15, 0.2) is 78.9 Å². The lowest BCUT2D eigenvalue weighted by molar-refractivity contribution is -0.000140. The van der Waals surface area contributed by atoms with E-state index in [0.29, 0.717) is 5.75 Å². The lowest BCUT2D eigenvalue weighted by atomic mass is 9.72. The molecule has 0 aliphatic carbocycles. The van der Waals surface area contributed by atoms with Gasteiger partial charge in [0.15, 0.2) is 0 Å². The second kappa shape index (κ2) is 10.3. The molecule has 1 heterocycles. The lowest BCUT2D eigenvalue weighted by Crippen LogP contribution is -2.45. The molecule has 3 aromatic rings. The summed E-state index contributed by atoms with van der Waals surface area (Å²) in [7, 11) is 1.67. The molecule has 3 aromatic carbocycles. The van der Waals surface area contributed by atoms with Gasteiger partial charge in [-0.2, -0.15) is 0 Å². The van der Waals surface area contributed by atoms with Crippen LogP contribution in [0.1, 0.15) is 35.1 Å². The zero-order valence-electron chi connectivity index (χ0n) is 19.0. The average Bonchev–Trinajstić information content (AvgIpc) is 2.88. The molecule has 1 aliphatic rings. The van der Waals surface area contributed by atoms with E-state index >= 15 is 0 Å². The molecule has 4 heteroatoms. The molecule has 0 saturated carbocycles. The number of ether oxygens (including phenoxy) is 2. The highest BCUT2D eigenvalue weighted by atomic mass is 16.5. The van der Waals surface area contributed by atoms with Gasteiger partial charge in [0.25, 0.3) is 0 Å². The maximum atomic E-state index is 12.7. The minimum absolute atomic E-state index is 0.189. The first-order valence-corrected chi connectivity index (χ1v) is 11.5. The van der Waals surface area contributed by atoms with E-state index in [2.05, 4.69) is 48.2 Å². The van der Waals surface area contributed by atoms with Crippen molar-refractivity contribution >= 4 is 0 Å². The van der Waals surface area contributed by atoms with Gasteiger partial charge in [0.2, 0.25) is 0 Å². The molecule has 1 N–H and O–H groups in total. The van der Waals surface area contributed by atoms with Gasteiger partial charge in [-0.25, -0.2) is 0 Å².